The van der Waals surface area contributed by atoms with Crippen molar-refractivity contribution in [3.05, 3.63) is 30.0 Å². The molecule has 1 aliphatic heterocycles. The number of aryl methyl sites for hydroxylation is 2. The molecule has 3 heterocycles. The third-order valence-electron chi connectivity index (χ3n) is 4.09. The van der Waals surface area contributed by atoms with Crippen LogP contribution < -0.4 is 0 Å². The fraction of sp³-hybridized carbons (Fsp3) is 0.571. The van der Waals surface area contributed by atoms with Gasteiger partial charge in [-0.3, -0.25) is 4.68 Å². The Balaban J connectivity index is 1.94. The third-order valence-corrected chi connectivity index (χ3v) is 5.79. The Hall–Kier alpha value is -1.71. The van der Waals surface area contributed by atoms with Crippen molar-refractivity contribution < 1.29 is 13.2 Å². The molecule has 9 heteroatoms. The zero-order chi connectivity index (χ0) is 16.6. The smallest absolute Gasteiger partial charge is 0.262 e. The van der Waals surface area contributed by atoms with E-state index < -0.39 is 10.0 Å². The molecule has 0 fully saturated rings. The van der Waals surface area contributed by atoms with Crippen LogP contribution in [0.2, 0.25) is 0 Å². The van der Waals surface area contributed by atoms with Crippen LogP contribution in [0.25, 0.3) is 0 Å². The second-order valence-electron chi connectivity index (χ2n) is 5.70. The summed E-state index contributed by atoms with van der Waals surface area (Å²) >= 11 is 0. The molecule has 0 unspecified atom stereocenters. The highest BCUT2D eigenvalue weighted by molar-refractivity contribution is 7.89. The van der Waals surface area contributed by atoms with Crippen LogP contribution in [0.4, 0.5) is 0 Å². The third kappa shape index (κ3) is 2.91. The number of sulfonamides is 1. The predicted octanol–water partition coefficient (Wildman–Crippen LogP) is 0.478. The summed E-state index contributed by atoms with van der Waals surface area (Å²) in [5.74, 6) is -0.0223. The minimum Gasteiger partial charge on any atom is -0.381 e. The van der Waals surface area contributed by atoms with Crippen molar-refractivity contribution in [2.24, 2.45) is 14.1 Å². The molecule has 0 saturated heterocycles. The molecule has 0 bridgehead atoms. The van der Waals surface area contributed by atoms with Gasteiger partial charge in [-0.15, -0.1) is 0 Å². The van der Waals surface area contributed by atoms with Gasteiger partial charge in [0.1, 0.15) is 0 Å². The van der Waals surface area contributed by atoms with E-state index in [0.29, 0.717) is 26.3 Å². The summed E-state index contributed by atoms with van der Waals surface area (Å²) in [5.41, 5.74) is 1.97. The molecular weight excluding hydrogens is 318 g/mol. The SMILES string of the molecule is CCOC[C@H]1CN(S(=O)(=O)c2cn(C)cn2)Cc2c1cnn2C. The fourth-order valence-electron chi connectivity index (χ4n) is 2.83. The average Bonchev–Trinajstić information content (AvgIpc) is 3.12. The maximum absolute atomic E-state index is 12.8. The van der Waals surface area contributed by atoms with Gasteiger partial charge in [-0.25, -0.2) is 13.4 Å². The zero-order valence-corrected chi connectivity index (χ0v) is 14.3. The van der Waals surface area contributed by atoms with Crippen LogP contribution in [0.3, 0.4) is 0 Å². The summed E-state index contributed by atoms with van der Waals surface area (Å²) < 4.78 is 36.0. The summed E-state index contributed by atoms with van der Waals surface area (Å²) in [6, 6.07) is 0. The minimum absolute atomic E-state index is 0.0223. The highest BCUT2D eigenvalue weighted by Gasteiger charge is 2.36. The molecule has 0 saturated carbocycles. The lowest BCUT2D eigenvalue weighted by atomic mass is 9.97. The number of ether oxygens (including phenoxy) is 1. The predicted molar refractivity (Wildman–Crippen MR) is 83.2 cm³/mol. The number of hydrogen-bond donors (Lipinski definition) is 0. The summed E-state index contributed by atoms with van der Waals surface area (Å²) in [7, 11) is -0.0556. The van der Waals surface area contributed by atoms with Crippen molar-refractivity contribution in [2.75, 3.05) is 19.8 Å². The Morgan fingerprint density at radius 3 is 2.83 bits per heavy atom. The molecule has 2 aromatic heterocycles. The van der Waals surface area contributed by atoms with E-state index in [0.717, 1.165) is 11.3 Å². The number of rotatable bonds is 5. The molecule has 0 aliphatic carbocycles. The number of hydrogen-bond acceptors (Lipinski definition) is 5. The fourth-order valence-corrected chi connectivity index (χ4v) is 4.24. The number of aromatic nitrogens is 4. The van der Waals surface area contributed by atoms with E-state index in [9.17, 15) is 8.42 Å². The molecule has 0 spiro atoms. The van der Waals surface area contributed by atoms with E-state index in [1.807, 2.05) is 20.2 Å². The van der Waals surface area contributed by atoms with Crippen molar-refractivity contribution in [3.63, 3.8) is 0 Å². The lowest BCUT2D eigenvalue weighted by Gasteiger charge is -2.31. The van der Waals surface area contributed by atoms with Gasteiger partial charge in [-0.2, -0.15) is 9.40 Å². The van der Waals surface area contributed by atoms with Gasteiger partial charge < -0.3 is 9.30 Å². The Morgan fingerprint density at radius 1 is 1.39 bits per heavy atom. The second-order valence-corrected chi connectivity index (χ2v) is 7.59. The first-order valence-corrected chi connectivity index (χ1v) is 8.94. The Labute approximate surface area is 135 Å². The Kier molecular flexibility index (Phi) is 4.26. The molecule has 23 heavy (non-hydrogen) atoms. The van der Waals surface area contributed by atoms with Gasteiger partial charge >= 0.3 is 0 Å². The van der Waals surface area contributed by atoms with Gasteiger partial charge in [0.05, 0.1) is 31.4 Å². The van der Waals surface area contributed by atoms with Crippen LogP contribution in [0, 0.1) is 0 Å². The molecule has 8 nitrogen and oxygen atoms in total. The highest BCUT2D eigenvalue weighted by atomic mass is 32.2. The van der Waals surface area contributed by atoms with Crippen molar-refractivity contribution in [2.45, 2.75) is 24.4 Å². The molecule has 0 amide bonds. The van der Waals surface area contributed by atoms with Crippen LogP contribution >= 0.6 is 0 Å². The quantitative estimate of drug-likeness (QED) is 0.791. The van der Waals surface area contributed by atoms with Crippen molar-refractivity contribution >= 4 is 10.0 Å². The summed E-state index contributed by atoms with van der Waals surface area (Å²) in [6.45, 7) is 3.67. The van der Waals surface area contributed by atoms with Crippen LogP contribution in [0.5, 0.6) is 0 Å². The van der Waals surface area contributed by atoms with Gasteiger partial charge in [-0.05, 0) is 6.92 Å². The largest absolute Gasteiger partial charge is 0.381 e. The number of imidazole rings is 1. The average molecular weight is 339 g/mol. The van der Waals surface area contributed by atoms with Crippen molar-refractivity contribution in [1.29, 1.82) is 0 Å². The van der Waals surface area contributed by atoms with E-state index in [1.165, 1.54) is 16.8 Å². The molecule has 0 N–H and O–H groups in total. The first-order valence-electron chi connectivity index (χ1n) is 7.50. The Bertz CT molecular complexity index is 795. The molecule has 0 radical (unpaired) electrons. The monoisotopic (exact) mass is 339 g/mol. The van der Waals surface area contributed by atoms with Crippen LogP contribution in [-0.4, -0.2) is 51.8 Å². The maximum atomic E-state index is 12.8. The molecule has 2 aromatic rings. The second kappa shape index (κ2) is 6.06. The van der Waals surface area contributed by atoms with Gasteiger partial charge in [0, 0.05) is 44.9 Å². The van der Waals surface area contributed by atoms with E-state index in [4.69, 9.17) is 4.74 Å². The standard InChI is InChI=1S/C14H21N5O3S/c1-4-22-9-11-6-19(7-13-12(11)5-16-18(13)3)23(20,21)14-8-17(2)10-15-14/h5,8,10-11H,4,6-7,9H2,1-3H3/t11-/m1/s1. The number of fused-ring (bicyclic) bond motifs is 1. The van der Waals surface area contributed by atoms with Gasteiger partial charge in [0.15, 0.2) is 5.03 Å². The van der Waals surface area contributed by atoms with E-state index in [2.05, 4.69) is 10.1 Å². The lowest BCUT2D eigenvalue weighted by Crippen LogP contribution is -2.40. The van der Waals surface area contributed by atoms with Gasteiger partial charge in [0.2, 0.25) is 0 Å². The first kappa shape index (κ1) is 16.2. The molecule has 1 aliphatic rings. The topological polar surface area (TPSA) is 82.2 Å². The van der Waals surface area contributed by atoms with Crippen molar-refractivity contribution in [1.82, 2.24) is 23.6 Å². The van der Waals surface area contributed by atoms with Crippen LogP contribution in [-0.2, 0) is 35.4 Å². The van der Waals surface area contributed by atoms with E-state index in [-0.39, 0.29) is 10.9 Å². The molecule has 0 aromatic carbocycles. The zero-order valence-electron chi connectivity index (χ0n) is 13.5. The van der Waals surface area contributed by atoms with Crippen molar-refractivity contribution in [3.8, 4) is 0 Å². The maximum Gasteiger partial charge on any atom is 0.262 e. The van der Waals surface area contributed by atoms with E-state index in [1.54, 1.807) is 16.3 Å². The first-order chi connectivity index (χ1) is 10.9. The summed E-state index contributed by atoms with van der Waals surface area (Å²) in [4.78, 5) is 4.00. The van der Waals surface area contributed by atoms with Gasteiger partial charge in [0.25, 0.3) is 10.0 Å². The molecule has 3 rings (SSSR count). The van der Waals surface area contributed by atoms with Crippen LogP contribution in [0.1, 0.15) is 24.1 Å². The normalized spacial score (nSPS) is 19.0. The van der Waals surface area contributed by atoms with E-state index >= 15 is 0 Å². The molecular formula is C14H21N5O3S. The number of nitrogens with zero attached hydrogens (tertiary/aromatic N) is 5. The minimum atomic E-state index is -3.63. The highest BCUT2D eigenvalue weighted by Crippen LogP contribution is 2.31. The molecule has 126 valence electrons. The van der Waals surface area contributed by atoms with Crippen LogP contribution in [0.15, 0.2) is 23.7 Å². The van der Waals surface area contributed by atoms with Gasteiger partial charge in [-0.1, -0.05) is 0 Å². The molecule has 1 atom stereocenters. The Morgan fingerprint density at radius 2 is 2.17 bits per heavy atom. The lowest BCUT2D eigenvalue weighted by molar-refractivity contribution is 0.121. The summed E-state index contributed by atoms with van der Waals surface area (Å²) in [5, 5.41) is 4.34. The summed E-state index contributed by atoms with van der Waals surface area (Å²) in [6.07, 6.45) is 4.82.